The van der Waals surface area contributed by atoms with Crippen molar-refractivity contribution in [3.05, 3.63) is 35.9 Å². The Bertz CT molecular complexity index is 419. The van der Waals surface area contributed by atoms with Crippen LogP contribution in [0.2, 0.25) is 0 Å². The molecule has 0 radical (unpaired) electrons. The van der Waals surface area contributed by atoms with E-state index >= 15 is 0 Å². The standard InChI is InChI=1S/C14H19NO4/c1-11(13(16)18-3)9-15(2)14(17)19-10-12-7-5-4-6-8-12/h4-8,11H,9-10H2,1-3H3/t11-/m1/s1. The van der Waals surface area contributed by atoms with Crippen molar-refractivity contribution in [3.8, 4) is 0 Å². The normalized spacial score (nSPS) is 11.5. The Balaban J connectivity index is 2.39. The lowest BCUT2D eigenvalue weighted by molar-refractivity contribution is -0.145. The second-order valence-electron chi connectivity index (χ2n) is 4.34. The molecular weight excluding hydrogens is 246 g/mol. The summed E-state index contributed by atoms with van der Waals surface area (Å²) in [4.78, 5) is 24.3. The summed E-state index contributed by atoms with van der Waals surface area (Å²) in [5.41, 5.74) is 0.922. The maximum absolute atomic E-state index is 11.7. The van der Waals surface area contributed by atoms with Gasteiger partial charge < -0.3 is 14.4 Å². The summed E-state index contributed by atoms with van der Waals surface area (Å²) in [5, 5.41) is 0. The van der Waals surface area contributed by atoms with Crippen LogP contribution in [0.25, 0.3) is 0 Å². The summed E-state index contributed by atoms with van der Waals surface area (Å²) in [6.07, 6.45) is -0.459. The zero-order valence-corrected chi connectivity index (χ0v) is 11.5. The van der Waals surface area contributed by atoms with Crippen LogP contribution in [0.15, 0.2) is 30.3 Å². The molecule has 0 aliphatic carbocycles. The second-order valence-corrected chi connectivity index (χ2v) is 4.34. The van der Waals surface area contributed by atoms with Crippen LogP contribution in [0.1, 0.15) is 12.5 Å². The zero-order chi connectivity index (χ0) is 14.3. The summed E-state index contributed by atoms with van der Waals surface area (Å²) in [5.74, 6) is -0.720. The second kappa shape index (κ2) is 7.41. The monoisotopic (exact) mass is 265 g/mol. The van der Waals surface area contributed by atoms with Crippen molar-refractivity contribution >= 4 is 12.1 Å². The van der Waals surface area contributed by atoms with Crippen LogP contribution < -0.4 is 0 Å². The molecule has 5 heteroatoms. The van der Waals surface area contributed by atoms with Gasteiger partial charge in [-0.3, -0.25) is 4.79 Å². The number of carbonyl (C=O) groups excluding carboxylic acids is 2. The van der Waals surface area contributed by atoms with Gasteiger partial charge in [0.1, 0.15) is 6.61 Å². The lowest BCUT2D eigenvalue weighted by Gasteiger charge is -2.19. The summed E-state index contributed by atoms with van der Waals surface area (Å²) in [6.45, 7) is 2.18. The lowest BCUT2D eigenvalue weighted by Crippen LogP contribution is -2.34. The summed E-state index contributed by atoms with van der Waals surface area (Å²) in [6, 6.07) is 9.42. The number of nitrogens with zero attached hydrogens (tertiary/aromatic N) is 1. The molecule has 0 N–H and O–H groups in total. The molecule has 0 aliphatic rings. The predicted molar refractivity (Wildman–Crippen MR) is 70.4 cm³/mol. The number of esters is 1. The first-order valence-corrected chi connectivity index (χ1v) is 6.04. The summed E-state index contributed by atoms with van der Waals surface area (Å²) in [7, 11) is 2.92. The molecule has 1 aromatic rings. The molecule has 0 aliphatic heterocycles. The van der Waals surface area contributed by atoms with Gasteiger partial charge in [-0.05, 0) is 5.56 Å². The molecule has 1 amide bonds. The number of ether oxygens (including phenoxy) is 2. The van der Waals surface area contributed by atoms with E-state index in [2.05, 4.69) is 4.74 Å². The molecule has 5 nitrogen and oxygen atoms in total. The number of benzene rings is 1. The highest BCUT2D eigenvalue weighted by atomic mass is 16.6. The fourth-order valence-electron chi connectivity index (χ4n) is 1.59. The number of amides is 1. The third-order valence-corrected chi connectivity index (χ3v) is 2.67. The number of hydrogen-bond acceptors (Lipinski definition) is 4. The van der Waals surface area contributed by atoms with Gasteiger partial charge in [-0.1, -0.05) is 37.3 Å². The third kappa shape index (κ3) is 4.99. The number of methoxy groups -OCH3 is 1. The molecule has 0 saturated heterocycles. The molecule has 0 unspecified atom stereocenters. The lowest BCUT2D eigenvalue weighted by atomic mass is 10.2. The third-order valence-electron chi connectivity index (χ3n) is 2.67. The van der Waals surface area contributed by atoms with Gasteiger partial charge in [0.05, 0.1) is 13.0 Å². The van der Waals surface area contributed by atoms with Crippen molar-refractivity contribution in [2.24, 2.45) is 5.92 Å². The maximum Gasteiger partial charge on any atom is 0.409 e. The molecule has 0 aromatic heterocycles. The van der Waals surface area contributed by atoms with E-state index < -0.39 is 6.09 Å². The van der Waals surface area contributed by atoms with Gasteiger partial charge >= 0.3 is 12.1 Å². The average molecular weight is 265 g/mol. The molecule has 1 aromatic carbocycles. The molecule has 1 atom stereocenters. The van der Waals surface area contributed by atoms with Gasteiger partial charge in [-0.25, -0.2) is 4.79 Å². The maximum atomic E-state index is 11.7. The van der Waals surface area contributed by atoms with Gasteiger partial charge in [0.2, 0.25) is 0 Å². The van der Waals surface area contributed by atoms with Crippen LogP contribution >= 0.6 is 0 Å². The largest absolute Gasteiger partial charge is 0.469 e. The topological polar surface area (TPSA) is 55.8 Å². The van der Waals surface area contributed by atoms with E-state index in [1.165, 1.54) is 12.0 Å². The Morgan fingerprint density at radius 1 is 1.26 bits per heavy atom. The van der Waals surface area contributed by atoms with Gasteiger partial charge in [0.25, 0.3) is 0 Å². The van der Waals surface area contributed by atoms with Crippen LogP contribution in [0, 0.1) is 5.92 Å². The van der Waals surface area contributed by atoms with E-state index in [1.807, 2.05) is 30.3 Å². The summed E-state index contributed by atoms with van der Waals surface area (Å²) < 4.78 is 9.74. The van der Waals surface area contributed by atoms with E-state index in [4.69, 9.17) is 4.74 Å². The number of hydrogen-bond donors (Lipinski definition) is 0. The number of rotatable bonds is 5. The quantitative estimate of drug-likeness (QED) is 0.765. The van der Waals surface area contributed by atoms with Gasteiger partial charge in [0.15, 0.2) is 0 Å². The van der Waals surface area contributed by atoms with Crippen molar-refractivity contribution < 1.29 is 19.1 Å². The SMILES string of the molecule is COC(=O)[C@H](C)CN(C)C(=O)OCc1ccccc1. The molecule has 19 heavy (non-hydrogen) atoms. The molecule has 0 spiro atoms. The fourth-order valence-corrected chi connectivity index (χ4v) is 1.59. The molecule has 0 bridgehead atoms. The Kier molecular flexibility index (Phi) is 5.85. The minimum Gasteiger partial charge on any atom is -0.469 e. The van der Waals surface area contributed by atoms with Crippen LogP contribution in [0.5, 0.6) is 0 Å². The minimum absolute atomic E-state index is 0.219. The molecule has 104 valence electrons. The highest BCUT2D eigenvalue weighted by Crippen LogP contribution is 2.05. The highest BCUT2D eigenvalue weighted by Gasteiger charge is 2.19. The van der Waals surface area contributed by atoms with E-state index in [9.17, 15) is 9.59 Å². The van der Waals surface area contributed by atoms with E-state index in [0.29, 0.717) is 0 Å². The van der Waals surface area contributed by atoms with Crippen molar-refractivity contribution in [2.75, 3.05) is 20.7 Å². The molecule has 1 rings (SSSR count). The first-order valence-electron chi connectivity index (χ1n) is 6.04. The molecule has 0 heterocycles. The van der Waals surface area contributed by atoms with Crippen molar-refractivity contribution in [3.63, 3.8) is 0 Å². The minimum atomic E-state index is -0.459. The van der Waals surface area contributed by atoms with Crippen LogP contribution in [-0.2, 0) is 20.9 Å². The van der Waals surface area contributed by atoms with Gasteiger partial charge in [-0.15, -0.1) is 0 Å². The fraction of sp³-hybridized carbons (Fsp3) is 0.429. The molecule has 0 saturated carbocycles. The molecular formula is C14H19NO4. The Hall–Kier alpha value is -2.04. The van der Waals surface area contributed by atoms with Crippen molar-refractivity contribution in [2.45, 2.75) is 13.5 Å². The van der Waals surface area contributed by atoms with Gasteiger partial charge in [0, 0.05) is 13.6 Å². The van der Waals surface area contributed by atoms with Crippen LogP contribution in [0.4, 0.5) is 4.79 Å². The van der Waals surface area contributed by atoms with E-state index in [-0.39, 0.29) is 25.0 Å². The zero-order valence-electron chi connectivity index (χ0n) is 11.5. The number of carbonyl (C=O) groups is 2. The summed E-state index contributed by atoms with van der Waals surface area (Å²) >= 11 is 0. The Morgan fingerprint density at radius 3 is 2.47 bits per heavy atom. The van der Waals surface area contributed by atoms with Gasteiger partial charge in [-0.2, -0.15) is 0 Å². The van der Waals surface area contributed by atoms with E-state index in [0.717, 1.165) is 5.56 Å². The smallest absolute Gasteiger partial charge is 0.409 e. The van der Waals surface area contributed by atoms with E-state index in [1.54, 1.807) is 14.0 Å². The first-order chi connectivity index (χ1) is 9.04. The molecule has 0 fully saturated rings. The van der Waals surface area contributed by atoms with Crippen molar-refractivity contribution in [1.82, 2.24) is 4.90 Å². The Labute approximate surface area is 113 Å². The Morgan fingerprint density at radius 2 is 1.89 bits per heavy atom. The van der Waals surface area contributed by atoms with Crippen LogP contribution in [-0.4, -0.2) is 37.7 Å². The van der Waals surface area contributed by atoms with Crippen LogP contribution in [0.3, 0.4) is 0 Å². The average Bonchev–Trinajstić information content (AvgIpc) is 2.44. The van der Waals surface area contributed by atoms with Crippen molar-refractivity contribution in [1.29, 1.82) is 0 Å². The highest BCUT2D eigenvalue weighted by molar-refractivity contribution is 5.73. The predicted octanol–water partition coefficient (Wildman–Crippen LogP) is 2.06. The first kappa shape index (κ1) is 15.0.